The molecule has 1 aromatic carbocycles. The molecule has 1 aliphatic heterocycles. The van der Waals surface area contributed by atoms with Crippen LogP contribution in [-0.4, -0.2) is 12.1 Å². The third-order valence-electron chi connectivity index (χ3n) is 4.02. The van der Waals surface area contributed by atoms with Gasteiger partial charge in [0.05, 0.1) is 0 Å². The molecule has 0 amide bonds. The lowest BCUT2D eigenvalue weighted by molar-refractivity contribution is 0.103. The van der Waals surface area contributed by atoms with Crippen LogP contribution >= 0.6 is 0 Å². The Kier molecular flexibility index (Phi) is 2.58. The van der Waals surface area contributed by atoms with Crippen LogP contribution in [0.15, 0.2) is 12.1 Å². The molecule has 1 saturated carbocycles. The molecule has 17 heavy (non-hydrogen) atoms. The predicted octanol–water partition coefficient (Wildman–Crippen LogP) is 2.57. The molecule has 1 heterocycles. The van der Waals surface area contributed by atoms with E-state index in [0.717, 1.165) is 37.0 Å². The van der Waals surface area contributed by atoms with Crippen LogP contribution in [0.25, 0.3) is 0 Å². The molecule has 0 bridgehead atoms. The molecule has 0 atom stereocenters. The Morgan fingerprint density at radius 1 is 1.29 bits per heavy atom. The molecule has 1 spiro atoms. The van der Waals surface area contributed by atoms with Crippen molar-refractivity contribution < 1.29 is 9.13 Å². The second kappa shape index (κ2) is 3.98. The first kappa shape index (κ1) is 11.0. The molecule has 2 aliphatic rings. The minimum Gasteiger partial charge on any atom is -0.487 e. The van der Waals surface area contributed by atoms with Gasteiger partial charge in [-0.25, -0.2) is 4.39 Å². The van der Waals surface area contributed by atoms with Crippen molar-refractivity contribution in [1.29, 1.82) is 0 Å². The Bertz CT molecular complexity index is 438. The minimum absolute atomic E-state index is 0.0283. The van der Waals surface area contributed by atoms with Crippen LogP contribution in [0.4, 0.5) is 4.39 Å². The van der Waals surface area contributed by atoms with Gasteiger partial charge in [-0.15, -0.1) is 0 Å². The standard InChI is InChI=1S/C14H18FNO/c15-11-7-10(3-6-16)12-9-14(4-1-2-5-14)17-13(12)8-11/h7-8H,1-6,9,16H2. The zero-order chi connectivity index (χ0) is 11.9. The van der Waals surface area contributed by atoms with E-state index in [0.29, 0.717) is 6.54 Å². The van der Waals surface area contributed by atoms with Crippen molar-refractivity contribution in [3.8, 4) is 5.75 Å². The van der Waals surface area contributed by atoms with Gasteiger partial charge in [-0.3, -0.25) is 0 Å². The average molecular weight is 235 g/mol. The molecule has 2 N–H and O–H groups in total. The maximum atomic E-state index is 13.5. The number of hydrogen-bond acceptors (Lipinski definition) is 2. The predicted molar refractivity (Wildman–Crippen MR) is 64.7 cm³/mol. The number of halogens is 1. The molecular formula is C14H18FNO. The van der Waals surface area contributed by atoms with Gasteiger partial charge >= 0.3 is 0 Å². The summed E-state index contributed by atoms with van der Waals surface area (Å²) < 4.78 is 19.5. The smallest absolute Gasteiger partial charge is 0.127 e. The highest BCUT2D eigenvalue weighted by Gasteiger charge is 2.42. The van der Waals surface area contributed by atoms with Gasteiger partial charge in [0.1, 0.15) is 17.2 Å². The number of fused-ring (bicyclic) bond motifs is 1. The minimum atomic E-state index is -0.206. The van der Waals surface area contributed by atoms with Crippen LogP contribution in [0.2, 0.25) is 0 Å². The summed E-state index contributed by atoms with van der Waals surface area (Å²) in [6.07, 6.45) is 6.33. The summed E-state index contributed by atoms with van der Waals surface area (Å²) in [5.74, 6) is 0.553. The third-order valence-corrected chi connectivity index (χ3v) is 4.02. The topological polar surface area (TPSA) is 35.2 Å². The Morgan fingerprint density at radius 2 is 2.06 bits per heavy atom. The lowest BCUT2D eigenvalue weighted by Crippen LogP contribution is -2.30. The van der Waals surface area contributed by atoms with Gasteiger partial charge in [-0.1, -0.05) is 0 Å². The summed E-state index contributed by atoms with van der Waals surface area (Å²) in [7, 11) is 0. The lowest BCUT2D eigenvalue weighted by atomic mass is 9.92. The second-order valence-electron chi connectivity index (χ2n) is 5.25. The van der Waals surface area contributed by atoms with Crippen LogP contribution in [0.1, 0.15) is 36.8 Å². The average Bonchev–Trinajstić information content (AvgIpc) is 2.86. The van der Waals surface area contributed by atoms with Gasteiger partial charge in [-0.05, 0) is 50.3 Å². The zero-order valence-electron chi connectivity index (χ0n) is 9.97. The summed E-state index contributed by atoms with van der Waals surface area (Å²) in [4.78, 5) is 0. The molecule has 3 rings (SSSR count). The SMILES string of the molecule is NCCc1cc(F)cc2c1CC1(CCCC1)O2. The Morgan fingerprint density at radius 3 is 2.76 bits per heavy atom. The first-order valence-electron chi connectivity index (χ1n) is 6.43. The van der Waals surface area contributed by atoms with Gasteiger partial charge in [0.2, 0.25) is 0 Å². The van der Waals surface area contributed by atoms with Gasteiger partial charge in [0, 0.05) is 18.1 Å². The molecule has 0 radical (unpaired) electrons. The highest BCUT2D eigenvalue weighted by molar-refractivity contribution is 5.46. The van der Waals surface area contributed by atoms with E-state index >= 15 is 0 Å². The van der Waals surface area contributed by atoms with Crippen molar-refractivity contribution in [2.24, 2.45) is 5.73 Å². The molecule has 92 valence electrons. The Balaban J connectivity index is 1.97. The van der Waals surface area contributed by atoms with Crippen molar-refractivity contribution in [1.82, 2.24) is 0 Å². The molecule has 1 fully saturated rings. The normalized spacial score (nSPS) is 20.6. The molecular weight excluding hydrogens is 217 g/mol. The van der Waals surface area contributed by atoms with Crippen molar-refractivity contribution in [2.75, 3.05) is 6.54 Å². The number of benzene rings is 1. The zero-order valence-corrected chi connectivity index (χ0v) is 9.97. The van der Waals surface area contributed by atoms with Crippen molar-refractivity contribution in [3.63, 3.8) is 0 Å². The Labute approximate surface area is 101 Å². The summed E-state index contributed by atoms with van der Waals surface area (Å²) in [5.41, 5.74) is 7.78. The van der Waals surface area contributed by atoms with Crippen LogP contribution in [0.3, 0.4) is 0 Å². The van der Waals surface area contributed by atoms with E-state index in [9.17, 15) is 4.39 Å². The molecule has 2 nitrogen and oxygen atoms in total. The van der Waals surface area contributed by atoms with E-state index in [1.807, 2.05) is 0 Å². The van der Waals surface area contributed by atoms with E-state index in [-0.39, 0.29) is 11.4 Å². The van der Waals surface area contributed by atoms with E-state index in [1.165, 1.54) is 24.5 Å². The van der Waals surface area contributed by atoms with Crippen molar-refractivity contribution >= 4 is 0 Å². The van der Waals surface area contributed by atoms with E-state index in [1.54, 1.807) is 6.07 Å². The largest absolute Gasteiger partial charge is 0.487 e. The lowest BCUT2D eigenvalue weighted by Gasteiger charge is -2.22. The second-order valence-corrected chi connectivity index (χ2v) is 5.25. The highest BCUT2D eigenvalue weighted by Crippen LogP contribution is 2.45. The summed E-state index contributed by atoms with van der Waals surface area (Å²) in [5, 5.41) is 0. The monoisotopic (exact) mass is 235 g/mol. The van der Waals surface area contributed by atoms with Gasteiger partial charge in [-0.2, -0.15) is 0 Å². The fraction of sp³-hybridized carbons (Fsp3) is 0.571. The molecule has 0 saturated heterocycles. The molecule has 0 aromatic heterocycles. The molecule has 1 aromatic rings. The van der Waals surface area contributed by atoms with E-state index in [2.05, 4.69) is 0 Å². The fourth-order valence-electron chi connectivity index (χ4n) is 3.23. The Hall–Kier alpha value is -1.09. The molecule has 3 heteroatoms. The highest BCUT2D eigenvalue weighted by atomic mass is 19.1. The molecule has 1 aliphatic carbocycles. The summed E-state index contributed by atoms with van der Waals surface area (Å²) in [6.45, 7) is 0.558. The van der Waals surface area contributed by atoms with Gasteiger partial charge < -0.3 is 10.5 Å². The van der Waals surface area contributed by atoms with Crippen LogP contribution in [-0.2, 0) is 12.8 Å². The van der Waals surface area contributed by atoms with E-state index in [4.69, 9.17) is 10.5 Å². The van der Waals surface area contributed by atoms with Gasteiger partial charge in [0.15, 0.2) is 0 Å². The van der Waals surface area contributed by atoms with Crippen LogP contribution in [0.5, 0.6) is 5.75 Å². The molecule has 0 unspecified atom stereocenters. The quantitative estimate of drug-likeness (QED) is 0.855. The maximum Gasteiger partial charge on any atom is 0.127 e. The number of nitrogens with two attached hydrogens (primary N) is 1. The third kappa shape index (κ3) is 1.82. The van der Waals surface area contributed by atoms with Crippen molar-refractivity contribution in [2.45, 2.75) is 44.1 Å². The number of rotatable bonds is 2. The summed E-state index contributed by atoms with van der Waals surface area (Å²) >= 11 is 0. The van der Waals surface area contributed by atoms with Crippen LogP contribution in [0, 0.1) is 5.82 Å². The maximum absolute atomic E-state index is 13.5. The first-order chi connectivity index (χ1) is 8.22. The van der Waals surface area contributed by atoms with Crippen molar-refractivity contribution in [3.05, 3.63) is 29.1 Å². The van der Waals surface area contributed by atoms with Crippen LogP contribution < -0.4 is 10.5 Å². The van der Waals surface area contributed by atoms with E-state index < -0.39 is 0 Å². The first-order valence-corrected chi connectivity index (χ1v) is 6.43. The fourth-order valence-corrected chi connectivity index (χ4v) is 3.23. The number of ether oxygens (including phenoxy) is 1. The number of hydrogen-bond donors (Lipinski definition) is 1. The summed E-state index contributed by atoms with van der Waals surface area (Å²) in [6, 6.07) is 3.14. The van der Waals surface area contributed by atoms with Gasteiger partial charge in [0.25, 0.3) is 0 Å².